The van der Waals surface area contributed by atoms with Crippen LogP contribution in [0.2, 0.25) is 0 Å². The van der Waals surface area contributed by atoms with Crippen LogP contribution in [0.25, 0.3) is 0 Å². The Labute approximate surface area is 101 Å². The van der Waals surface area contributed by atoms with Crippen molar-refractivity contribution in [3.05, 3.63) is 54.1 Å². The fraction of sp³-hybridized carbons (Fsp3) is 0.143. The van der Waals surface area contributed by atoms with E-state index in [2.05, 4.69) is 0 Å². The smallest absolute Gasteiger partial charge is 0.143 e. The Morgan fingerprint density at radius 2 is 1.47 bits per heavy atom. The van der Waals surface area contributed by atoms with Gasteiger partial charge in [-0.1, -0.05) is 30.3 Å². The molecule has 4 N–H and O–H groups in total. The lowest BCUT2D eigenvalue weighted by molar-refractivity contribution is 0.229. The molecule has 3 nitrogen and oxygen atoms in total. The molecule has 0 saturated heterocycles. The van der Waals surface area contributed by atoms with Crippen LogP contribution < -0.4 is 16.2 Å². The van der Waals surface area contributed by atoms with Gasteiger partial charge in [-0.05, 0) is 25.1 Å². The van der Waals surface area contributed by atoms with Gasteiger partial charge < -0.3 is 16.2 Å². The zero-order valence-corrected chi connectivity index (χ0v) is 9.76. The molecule has 0 bridgehead atoms. The molecule has 0 amide bonds. The molecule has 17 heavy (non-hydrogen) atoms. The minimum atomic E-state index is -0.124. The third kappa shape index (κ3) is 2.50. The van der Waals surface area contributed by atoms with E-state index >= 15 is 0 Å². The van der Waals surface area contributed by atoms with Gasteiger partial charge in [-0.25, -0.2) is 0 Å². The second-order valence-electron chi connectivity index (χ2n) is 3.93. The van der Waals surface area contributed by atoms with Crippen LogP contribution in [0.4, 0.5) is 11.4 Å². The molecule has 0 fully saturated rings. The molecule has 2 aromatic carbocycles. The standard InChI is InChI=1S/C14H16N2O/c1-10(11-6-2-3-7-12(11)15)17-14-9-5-4-8-13(14)16/h2-10H,15-16H2,1H3. The summed E-state index contributed by atoms with van der Waals surface area (Å²) in [6, 6.07) is 15.1. The Balaban J connectivity index is 2.20. The second kappa shape index (κ2) is 4.78. The van der Waals surface area contributed by atoms with Gasteiger partial charge in [0.1, 0.15) is 11.9 Å². The highest BCUT2D eigenvalue weighted by atomic mass is 16.5. The first-order chi connectivity index (χ1) is 8.18. The molecule has 1 atom stereocenters. The number of hydrogen-bond donors (Lipinski definition) is 2. The van der Waals surface area contributed by atoms with Crippen molar-refractivity contribution in [2.24, 2.45) is 0 Å². The molecule has 0 aliphatic heterocycles. The van der Waals surface area contributed by atoms with E-state index in [1.54, 1.807) is 0 Å². The Morgan fingerprint density at radius 3 is 2.12 bits per heavy atom. The van der Waals surface area contributed by atoms with E-state index in [0.29, 0.717) is 11.4 Å². The van der Waals surface area contributed by atoms with Gasteiger partial charge in [0.25, 0.3) is 0 Å². The number of ether oxygens (including phenoxy) is 1. The third-order valence-corrected chi connectivity index (χ3v) is 2.66. The maximum Gasteiger partial charge on any atom is 0.143 e. The summed E-state index contributed by atoms with van der Waals surface area (Å²) in [4.78, 5) is 0. The lowest BCUT2D eigenvalue weighted by Gasteiger charge is -2.17. The van der Waals surface area contributed by atoms with Crippen molar-refractivity contribution >= 4 is 11.4 Å². The highest BCUT2D eigenvalue weighted by Crippen LogP contribution is 2.28. The van der Waals surface area contributed by atoms with Gasteiger partial charge in [-0.15, -0.1) is 0 Å². The number of nitrogen functional groups attached to an aromatic ring is 2. The predicted octanol–water partition coefficient (Wildman–Crippen LogP) is 2.99. The Bertz CT molecular complexity index is 511. The second-order valence-corrected chi connectivity index (χ2v) is 3.93. The van der Waals surface area contributed by atoms with Gasteiger partial charge >= 0.3 is 0 Å². The fourth-order valence-corrected chi connectivity index (χ4v) is 1.72. The highest BCUT2D eigenvalue weighted by Gasteiger charge is 2.11. The Hall–Kier alpha value is -2.16. The maximum absolute atomic E-state index is 5.90. The topological polar surface area (TPSA) is 61.3 Å². The van der Waals surface area contributed by atoms with Crippen LogP contribution in [0.3, 0.4) is 0 Å². The molecular weight excluding hydrogens is 212 g/mol. The molecule has 3 heteroatoms. The summed E-state index contributed by atoms with van der Waals surface area (Å²) in [5, 5.41) is 0. The summed E-state index contributed by atoms with van der Waals surface area (Å²) in [7, 11) is 0. The van der Waals surface area contributed by atoms with E-state index in [-0.39, 0.29) is 6.10 Å². The Kier molecular flexibility index (Phi) is 3.19. The van der Waals surface area contributed by atoms with Crippen LogP contribution in [-0.2, 0) is 0 Å². The van der Waals surface area contributed by atoms with Crippen molar-refractivity contribution in [2.75, 3.05) is 11.5 Å². The van der Waals surface area contributed by atoms with E-state index in [1.807, 2.05) is 55.5 Å². The number of anilines is 2. The van der Waals surface area contributed by atoms with Crippen LogP contribution in [0.15, 0.2) is 48.5 Å². The third-order valence-electron chi connectivity index (χ3n) is 2.66. The average molecular weight is 228 g/mol. The van der Waals surface area contributed by atoms with Crippen molar-refractivity contribution in [3.8, 4) is 5.75 Å². The zero-order chi connectivity index (χ0) is 12.3. The van der Waals surface area contributed by atoms with E-state index < -0.39 is 0 Å². The number of para-hydroxylation sites is 3. The summed E-state index contributed by atoms with van der Waals surface area (Å²) < 4.78 is 5.81. The quantitative estimate of drug-likeness (QED) is 0.794. The van der Waals surface area contributed by atoms with Crippen molar-refractivity contribution < 1.29 is 4.74 Å². The van der Waals surface area contributed by atoms with Crippen molar-refractivity contribution in [2.45, 2.75) is 13.0 Å². The minimum absolute atomic E-state index is 0.124. The summed E-state index contributed by atoms with van der Waals surface area (Å²) in [6.07, 6.45) is -0.124. The summed E-state index contributed by atoms with van der Waals surface area (Å²) in [6.45, 7) is 1.96. The largest absolute Gasteiger partial charge is 0.484 e. The van der Waals surface area contributed by atoms with Gasteiger partial charge in [-0.2, -0.15) is 0 Å². The zero-order valence-electron chi connectivity index (χ0n) is 9.76. The van der Waals surface area contributed by atoms with Crippen LogP contribution >= 0.6 is 0 Å². The average Bonchev–Trinajstić information content (AvgIpc) is 2.32. The first-order valence-corrected chi connectivity index (χ1v) is 5.54. The first-order valence-electron chi connectivity index (χ1n) is 5.54. The number of benzene rings is 2. The van der Waals surface area contributed by atoms with Crippen LogP contribution in [0.1, 0.15) is 18.6 Å². The summed E-state index contributed by atoms with van der Waals surface area (Å²) in [5.74, 6) is 0.684. The molecule has 0 saturated carbocycles. The molecule has 0 spiro atoms. The van der Waals surface area contributed by atoms with Gasteiger partial charge in [-0.3, -0.25) is 0 Å². The normalized spacial score (nSPS) is 12.1. The molecule has 0 aliphatic rings. The molecule has 88 valence electrons. The number of nitrogens with two attached hydrogens (primary N) is 2. The SMILES string of the molecule is CC(Oc1ccccc1N)c1ccccc1N. The lowest BCUT2D eigenvalue weighted by Crippen LogP contribution is -2.07. The van der Waals surface area contributed by atoms with E-state index in [1.165, 1.54) is 0 Å². The molecule has 0 aliphatic carbocycles. The summed E-state index contributed by atoms with van der Waals surface area (Å²) in [5.41, 5.74) is 14.1. The minimum Gasteiger partial charge on any atom is -0.484 e. The number of rotatable bonds is 3. The highest BCUT2D eigenvalue weighted by molar-refractivity contribution is 5.53. The predicted molar refractivity (Wildman–Crippen MR) is 70.8 cm³/mol. The van der Waals surface area contributed by atoms with Gasteiger partial charge in [0.05, 0.1) is 5.69 Å². The number of hydrogen-bond acceptors (Lipinski definition) is 3. The monoisotopic (exact) mass is 228 g/mol. The fourth-order valence-electron chi connectivity index (χ4n) is 1.72. The molecule has 0 heterocycles. The molecule has 2 aromatic rings. The van der Waals surface area contributed by atoms with Crippen molar-refractivity contribution in [1.82, 2.24) is 0 Å². The van der Waals surface area contributed by atoms with Gasteiger partial charge in [0, 0.05) is 11.3 Å². The Morgan fingerprint density at radius 1 is 0.882 bits per heavy atom. The van der Waals surface area contributed by atoms with Gasteiger partial charge in [0.2, 0.25) is 0 Å². The lowest BCUT2D eigenvalue weighted by atomic mass is 10.1. The first kappa shape index (κ1) is 11.3. The summed E-state index contributed by atoms with van der Waals surface area (Å²) >= 11 is 0. The maximum atomic E-state index is 5.90. The van der Waals surface area contributed by atoms with Crippen LogP contribution in [-0.4, -0.2) is 0 Å². The van der Waals surface area contributed by atoms with Gasteiger partial charge in [0.15, 0.2) is 0 Å². The van der Waals surface area contributed by atoms with Crippen LogP contribution in [0, 0.1) is 0 Å². The van der Waals surface area contributed by atoms with Crippen LogP contribution in [0.5, 0.6) is 5.75 Å². The van der Waals surface area contributed by atoms with E-state index in [0.717, 1.165) is 11.3 Å². The van der Waals surface area contributed by atoms with E-state index in [9.17, 15) is 0 Å². The molecular formula is C14H16N2O. The van der Waals surface area contributed by atoms with Crippen molar-refractivity contribution in [3.63, 3.8) is 0 Å². The molecule has 0 radical (unpaired) electrons. The van der Waals surface area contributed by atoms with Crippen molar-refractivity contribution in [1.29, 1.82) is 0 Å². The molecule has 0 aromatic heterocycles. The molecule has 2 rings (SSSR count). The van der Waals surface area contributed by atoms with E-state index in [4.69, 9.17) is 16.2 Å². The molecule has 1 unspecified atom stereocenters.